The largest absolute Gasteiger partial charge is 0.491 e. The van der Waals surface area contributed by atoms with Crippen LogP contribution in [0, 0.1) is 0 Å². The van der Waals surface area contributed by atoms with E-state index in [4.69, 9.17) is 4.74 Å². The summed E-state index contributed by atoms with van der Waals surface area (Å²) in [6.07, 6.45) is 4.89. The molecule has 1 aliphatic carbocycles. The molecule has 2 heterocycles. The van der Waals surface area contributed by atoms with Crippen LogP contribution in [0.25, 0.3) is 11.3 Å². The molecule has 1 atom stereocenters. The summed E-state index contributed by atoms with van der Waals surface area (Å²) in [4.78, 5) is 22.1. The Kier molecular flexibility index (Phi) is 3.79. The number of benzene rings is 1. The third-order valence-electron chi connectivity index (χ3n) is 4.65. The topological polar surface area (TPSA) is 58.2 Å². The van der Waals surface area contributed by atoms with Crippen molar-refractivity contribution in [3.63, 3.8) is 0 Å². The van der Waals surface area contributed by atoms with Gasteiger partial charge in [0.25, 0.3) is 0 Å². The second-order valence-electron chi connectivity index (χ2n) is 7.05. The highest BCUT2D eigenvalue weighted by Crippen LogP contribution is 2.36. The van der Waals surface area contributed by atoms with Crippen molar-refractivity contribution in [2.24, 2.45) is 0 Å². The highest BCUT2D eigenvalue weighted by Gasteiger charge is 2.40. The predicted octanol–water partition coefficient (Wildman–Crippen LogP) is 3.34. The maximum Gasteiger partial charge on any atom is 0.223 e. The molecule has 1 aromatic carbocycles. The molecule has 1 N–H and O–H groups in total. The minimum absolute atomic E-state index is 0.149. The molecule has 1 aliphatic heterocycles. The minimum atomic E-state index is 0.149. The number of amides is 1. The molecule has 0 bridgehead atoms. The number of hydrogen-bond donors (Lipinski definition) is 1. The summed E-state index contributed by atoms with van der Waals surface area (Å²) in [6, 6.07) is 8.50. The van der Waals surface area contributed by atoms with Gasteiger partial charge in [0.15, 0.2) is 0 Å². The summed E-state index contributed by atoms with van der Waals surface area (Å²) in [5.41, 5.74) is 2.02. The van der Waals surface area contributed by atoms with E-state index in [1.54, 1.807) is 0 Å². The van der Waals surface area contributed by atoms with E-state index in [0.717, 1.165) is 42.2 Å². The van der Waals surface area contributed by atoms with Gasteiger partial charge in [-0.25, -0.2) is 4.98 Å². The first-order valence-corrected chi connectivity index (χ1v) is 8.71. The number of likely N-dealkylation sites (tertiary alicyclic amines) is 1. The standard InChI is InChI=1S/C19H23N3O2/c1-12(2)24-16-5-3-4-13(8-16)17-10-20-19(21-17)14-9-18(23)22(11-14)15-6-7-15/h3-5,8,10,12,14-15H,6-7,9,11H2,1-2H3,(H,20,21)/t14-/m1/s1. The van der Waals surface area contributed by atoms with Gasteiger partial charge in [0.1, 0.15) is 11.6 Å². The van der Waals surface area contributed by atoms with Gasteiger partial charge in [0, 0.05) is 30.5 Å². The van der Waals surface area contributed by atoms with Crippen LogP contribution < -0.4 is 4.74 Å². The Morgan fingerprint density at radius 1 is 1.33 bits per heavy atom. The number of carbonyl (C=O) groups is 1. The maximum atomic E-state index is 12.1. The van der Waals surface area contributed by atoms with Gasteiger partial charge >= 0.3 is 0 Å². The molecule has 2 aromatic rings. The first-order valence-electron chi connectivity index (χ1n) is 8.71. The zero-order valence-electron chi connectivity index (χ0n) is 14.2. The lowest BCUT2D eigenvalue weighted by molar-refractivity contribution is -0.128. The Balaban J connectivity index is 1.52. The average Bonchev–Trinajstić information content (AvgIpc) is 3.13. The Bertz CT molecular complexity index is 749. The van der Waals surface area contributed by atoms with Crippen LogP contribution in [0.1, 0.15) is 44.9 Å². The van der Waals surface area contributed by atoms with E-state index in [1.165, 1.54) is 0 Å². The Labute approximate surface area is 142 Å². The second-order valence-corrected chi connectivity index (χ2v) is 7.05. The van der Waals surface area contributed by atoms with Gasteiger partial charge in [0.05, 0.1) is 18.0 Å². The van der Waals surface area contributed by atoms with Gasteiger partial charge in [-0.15, -0.1) is 0 Å². The number of aromatic amines is 1. The van der Waals surface area contributed by atoms with E-state index in [1.807, 2.05) is 49.2 Å². The lowest BCUT2D eigenvalue weighted by Crippen LogP contribution is -2.27. The van der Waals surface area contributed by atoms with Crippen LogP contribution in [0.15, 0.2) is 30.5 Å². The summed E-state index contributed by atoms with van der Waals surface area (Å²) in [6.45, 7) is 4.83. The van der Waals surface area contributed by atoms with Crippen LogP contribution in [-0.2, 0) is 4.79 Å². The highest BCUT2D eigenvalue weighted by molar-refractivity contribution is 5.80. The molecular weight excluding hydrogens is 302 g/mol. The smallest absolute Gasteiger partial charge is 0.223 e. The lowest BCUT2D eigenvalue weighted by atomic mass is 10.1. The number of nitrogens with zero attached hydrogens (tertiary/aromatic N) is 2. The molecule has 2 aliphatic rings. The molecule has 126 valence electrons. The molecule has 0 unspecified atom stereocenters. The van der Waals surface area contributed by atoms with Crippen LogP contribution in [0.2, 0.25) is 0 Å². The van der Waals surface area contributed by atoms with Crippen LogP contribution in [0.3, 0.4) is 0 Å². The maximum absolute atomic E-state index is 12.1. The molecule has 0 radical (unpaired) electrons. The molecule has 5 heteroatoms. The van der Waals surface area contributed by atoms with Crippen molar-refractivity contribution in [3.05, 3.63) is 36.3 Å². The van der Waals surface area contributed by atoms with Crippen molar-refractivity contribution in [2.75, 3.05) is 6.54 Å². The number of carbonyl (C=O) groups excluding carboxylic acids is 1. The third kappa shape index (κ3) is 3.03. The molecule has 0 spiro atoms. The molecule has 24 heavy (non-hydrogen) atoms. The predicted molar refractivity (Wildman–Crippen MR) is 91.9 cm³/mol. The van der Waals surface area contributed by atoms with Crippen LogP contribution in [-0.4, -0.2) is 39.5 Å². The minimum Gasteiger partial charge on any atom is -0.491 e. The molecule has 1 amide bonds. The van der Waals surface area contributed by atoms with Crippen molar-refractivity contribution in [3.8, 4) is 17.0 Å². The van der Waals surface area contributed by atoms with Gasteiger partial charge in [-0.05, 0) is 38.8 Å². The average molecular weight is 325 g/mol. The Morgan fingerprint density at radius 3 is 2.92 bits per heavy atom. The van der Waals surface area contributed by atoms with E-state index in [-0.39, 0.29) is 17.9 Å². The Hall–Kier alpha value is -2.30. The summed E-state index contributed by atoms with van der Waals surface area (Å²) >= 11 is 0. The van der Waals surface area contributed by atoms with Gasteiger partial charge in [-0.1, -0.05) is 12.1 Å². The number of ether oxygens (including phenoxy) is 1. The number of hydrogen-bond acceptors (Lipinski definition) is 3. The SMILES string of the molecule is CC(C)Oc1cccc(-c2cnc([C@@H]3CC(=O)N(C4CC4)C3)[nH]2)c1. The first kappa shape index (κ1) is 15.2. The number of rotatable bonds is 5. The van der Waals surface area contributed by atoms with Crippen molar-refractivity contribution in [1.82, 2.24) is 14.9 Å². The summed E-state index contributed by atoms with van der Waals surface area (Å²) in [7, 11) is 0. The summed E-state index contributed by atoms with van der Waals surface area (Å²) in [5.74, 6) is 2.22. The first-order chi connectivity index (χ1) is 11.6. The summed E-state index contributed by atoms with van der Waals surface area (Å²) in [5, 5.41) is 0. The normalized spacial score (nSPS) is 20.9. The van der Waals surface area contributed by atoms with Gasteiger partial charge in [-0.2, -0.15) is 0 Å². The van der Waals surface area contributed by atoms with Crippen LogP contribution >= 0.6 is 0 Å². The van der Waals surface area contributed by atoms with Gasteiger partial charge < -0.3 is 14.6 Å². The fourth-order valence-corrected chi connectivity index (χ4v) is 3.35. The fourth-order valence-electron chi connectivity index (χ4n) is 3.35. The molecule has 4 rings (SSSR count). The molecule has 1 aromatic heterocycles. The van der Waals surface area contributed by atoms with Crippen molar-refractivity contribution in [2.45, 2.75) is 51.2 Å². The molecule has 1 saturated carbocycles. The quantitative estimate of drug-likeness (QED) is 0.917. The second kappa shape index (κ2) is 5.96. The molecule has 2 fully saturated rings. The monoisotopic (exact) mass is 325 g/mol. The lowest BCUT2D eigenvalue weighted by Gasteiger charge is -2.14. The van der Waals surface area contributed by atoms with E-state index < -0.39 is 0 Å². The number of aromatic nitrogens is 2. The van der Waals surface area contributed by atoms with Crippen LogP contribution in [0.5, 0.6) is 5.75 Å². The van der Waals surface area contributed by atoms with Gasteiger partial charge in [-0.3, -0.25) is 4.79 Å². The van der Waals surface area contributed by atoms with Crippen molar-refractivity contribution in [1.29, 1.82) is 0 Å². The zero-order valence-corrected chi connectivity index (χ0v) is 14.2. The van der Waals surface area contributed by atoms with E-state index in [9.17, 15) is 4.79 Å². The number of H-pyrrole nitrogens is 1. The number of nitrogens with one attached hydrogen (secondary N) is 1. The van der Waals surface area contributed by atoms with E-state index in [0.29, 0.717) is 12.5 Å². The molecule has 5 nitrogen and oxygen atoms in total. The third-order valence-corrected chi connectivity index (χ3v) is 4.65. The zero-order chi connectivity index (χ0) is 16.7. The highest BCUT2D eigenvalue weighted by atomic mass is 16.5. The van der Waals surface area contributed by atoms with Crippen LogP contribution in [0.4, 0.5) is 0 Å². The number of imidazole rings is 1. The Morgan fingerprint density at radius 2 is 2.17 bits per heavy atom. The van der Waals surface area contributed by atoms with E-state index in [2.05, 4.69) is 9.97 Å². The van der Waals surface area contributed by atoms with E-state index >= 15 is 0 Å². The summed E-state index contributed by atoms with van der Waals surface area (Å²) < 4.78 is 5.76. The molecular formula is C19H23N3O2. The van der Waals surface area contributed by atoms with Crippen molar-refractivity contribution >= 4 is 5.91 Å². The fraction of sp³-hybridized carbons (Fsp3) is 0.474. The van der Waals surface area contributed by atoms with Gasteiger partial charge in [0.2, 0.25) is 5.91 Å². The van der Waals surface area contributed by atoms with Crippen molar-refractivity contribution < 1.29 is 9.53 Å². The molecule has 1 saturated heterocycles.